The van der Waals surface area contributed by atoms with Crippen molar-refractivity contribution in [1.29, 1.82) is 5.26 Å². The summed E-state index contributed by atoms with van der Waals surface area (Å²) in [7, 11) is 1.00. The van der Waals surface area contributed by atoms with Crippen LogP contribution in [0.2, 0.25) is 0 Å². The topological polar surface area (TPSA) is 141 Å². The smallest absolute Gasteiger partial charge is 0.238 e. The summed E-state index contributed by atoms with van der Waals surface area (Å²) in [5.41, 5.74) is 7.52. The lowest BCUT2D eigenvalue weighted by atomic mass is 9.96. The zero-order valence-corrected chi connectivity index (χ0v) is 25.4. The molecule has 1 fully saturated rings. The van der Waals surface area contributed by atoms with Crippen molar-refractivity contribution in [3.8, 4) is 6.07 Å². The number of hydrogen-bond donors (Lipinski definition) is 3. The van der Waals surface area contributed by atoms with Crippen molar-refractivity contribution in [2.24, 2.45) is 5.73 Å². The van der Waals surface area contributed by atoms with E-state index >= 15 is 0 Å². The van der Waals surface area contributed by atoms with Gasteiger partial charge < -0.3 is 25.5 Å². The predicted molar refractivity (Wildman–Crippen MR) is 162 cm³/mol. The first kappa shape index (κ1) is 36.5. The van der Waals surface area contributed by atoms with Crippen LogP contribution in [0, 0.1) is 11.3 Å². The number of fused-ring (bicyclic) bond motifs is 1. The summed E-state index contributed by atoms with van der Waals surface area (Å²) < 4.78 is 2.32. The molecule has 1 saturated carbocycles. The van der Waals surface area contributed by atoms with Crippen LogP contribution < -0.4 is 11.1 Å². The van der Waals surface area contributed by atoms with Gasteiger partial charge in [0, 0.05) is 42.8 Å². The first-order valence-electron chi connectivity index (χ1n) is 13.9. The summed E-state index contributed by atoms with van der Waals surface area (Å²) in [5.74, 6) is 0.0164. The zero-order chi connectivity index (χ0) is 30.9. The van der Waals surface area contributed by atoms with Crippen LogP contribution >= 0.6 is 0 Å². The molecule has 2 amide bonds. The molecule has 0 saturated heterocycles. The molecule has 222 valence electrons. The Morgan fingerprint density at radius 1 is 1.25 bits per heavy atom. The van der Waals surface area contributed by atoms with E-state index in [0.717, 1.165) is 52.3 Å². The summed E-state index contributed by atoms with van der Waals surface area (Å²) in [4.78, 5) is 31.8. The van der Waals surface area contributed by atoms with E-state index in [2.05, 4.69) is 90.8 Å². The van der Waals surface area contributed by atoms with Gasteiger partial charge in [-0.15, -0.1) is 0 Å². The zero-order valence-electron chi connectivity index (χ0n) is 25.4. The molecule has 4 N–H and O–H groups in total. The first-order valence-corrected chi connectivity index (χ1v) is 13.9. The van der Waals surface area contributed by atoms with Crippen molar-refractivity contribution < 1.29 is 19.5 Å². The molecule has 0 radical (unpaired) electrons. The van der Waals surface area contributed by atoms with Crippen LogP contribution in [-0.4, -0.2) is 65.5 Å². The molecule has 1 aliphatic carbocycles. The Bertz CT molecular complexity index is 1120. The van der Waals surface area contributed by atoms with Crippen molar-refractivity contribution in [2.45, 2.75) is 90.8 Å². The van der Waals surface area contributed by atoms with Gasteiger partial charge in [0.05, 0.1) is 12.1 Å². The number of aliphatic hydroxyl groups excluding tert-OH is 1. The third kappa shape index (κ3) is 9.92. The molecule has 1 unspecified atom stereocenters. The maximum Gasteiger partial charge on any atom is 0.238 e. The number of nitriles is 1. The number of carbonyl (C=O) groups excluding carboxylic acids is 3. The molecule has 0 bridgehead atoms. The van der Waals surface area contributed by atoms with E-state index in [-0.39, 0.29) is 23.9 Å². The van der Waals surface area contributed by atoms with Gasteiger partial charge in [0.15, 0.2) is 0 Å². The summed E-state index contributed by atoms with van der Waals surface area (Å²) in [6.45, 7) is 16.4. The van der Waals surface area contributed by atoms with E-state index in [0.29, 0.717) is 0 Å². The highest BCUT2D eigenvalue weighted by molar-refractivity contribution is 5.86. The van der Waals surface area contributed by atoms with Gasteiger partial charge in [0.25, 0.3) is 0 Å². The predicted octanol–water partition coefficient (Wildman–Crippen LogP) is 4.38. The second-order valence-electron chi connectivity index (χ2n) is 10.2. The number of nitrogens with two attached hydrogens (primary N) is 1. The molecule has 9 heteroatoms. The summed E-state index contributed by atoms with van der Waals surface area (Å²) in [6, 6.07) is 11.1. The van der Waals surface area contributed by atoms with Crippen LogP contribution in [0.5, 0.6) is 0 Å². The molecule has 2 heterocycles. The third-order valence-electron chi connectivity index (χ3n) is 6.66. The molecule has 2 aromatic rings. The third-order valence-corrected chi connectivity index (χ3v) is 6.66. The van der Waals surface area contributed by atoms with E-state index < -0.39 is 5.54 Å². The Morgan fingerprint density at radius 3 is 2.30 bits per heavy atom. The van der Waals surface area contributed by atoms with Crippen molar-refractivity contribution in [3.63, 3.8) is 0 Å². The Hall–Kier alpha value is -3.48. The van der Waals surface area contributed by atoms with Crippen LogP contribution in [0.15, 0.2) is 36.5 Å². The number of nitrogens with one attached hydrogen (secondary N) is 1. The standard InChI is InChI=1S/C26H34N4O.C2H6.CH3NO.CH4O.CH2O/c1-5-6-23(24(31)28-26(18-27)12-13-26)29-14-9-19(10-15-29)20-7-8-22-21(17-20)11-16-30(22)25(2,3)4;1-2;2-1-3;2*1-2/h7-9,11,16-17,23H,5-6,10,12-15H2,1-4H3,(H,28,31);1-2H3;1H,(H2,2,3);2H,1H3;1H2. The van der Waals surface area contributed by atoms with Gasteiger partial charge in [0.1, 0.15) is 12.3 Å². The van der Waals surface area contributed by atoms with Crippen molar-refractivity contribution in [3.05, 3.63) is 42.1 Å². The van der Waals surface area contributed by atoms with Crippen LogP contribution in [0.25, 0.3) is 16.5 Å². The number of aromatic nitrogens is 1. The second kappa shape index (κ2) is 18.0. The summed E-state index contributed by atoms with van der Waals surface area (Å²) in [6.07, 6.45) is 8.96. The van der Waals surface area contributed by atoms with Crippen molar-refractivity contribution in [2.75, 3.05) is 20.2 Å². The molecular weight excluding hydrogens is 506 g/mol. The lowest BCUT2D eigenvalue weighted by Crippen LogP contribution is -2.51. The molecule has 1 aromatic carbocycles. The maximum atomic E-state index is 12.9. The van der Waals surface area contributed by atoms with E-state index in [4.69, 9.17) is 14.7 Å². The second-order valence-corrected chi connectivity index (χ2v) is 10.2. The molecule has 4 rings (SSSR count). The monoisotopic (exact) mass is 555 g/mol. The SMILES string of the molecule is C=O.CC.CCCC(C(=O)NC1(C#N)CC1)N1CC=C(c2ccc3c(ccn3C(C)(C)C)c2)CC1.CO.NC=O. The van der Waals surface area contributed by atoms with Crippen LogP contribution in [0.3, 0.4) is 0 Å². The van der Waals surface area contributed by atoms with Crippen molar-refractivity contribution in [1.82, 2.24) is 14.8 Å². The van der Waals surface area contributed by atoms with Crippen LogP contribution in [-0.2, 0) is 19.9 Å². The highest BCUT2D eigenvalue weighted by Gasteiger charge is 2.46. The minimum absolute atomic E-state index is 0.0164. The lowest BCUT2D eigenvalue weighted by Gasteiger charge is -2.33. The van der Waals surface area contributed by atoms with Gasteiger partial charge in [-0.3, -0.25) is 14.5 Å². The number of nitrogens with zero attached hydrogens (tertiary/aromatic N) is 3. The quantitative estimate of drug-likeness (QED) is 0.452. The number of aliphatic hydroxyl groups is 1. The summed E-state index contributed by atoms with van der Waals surface area (Å²) in [5, 5.41) is 20.6. The Balaban J connectivity index is 0.00000153. The highest BCUT2D eigenvalue weighted by atomic mass is 16.2. The summed E-state index contributed by atoms with van der Waals surface area (Å²) >= 11 is 0. The maximum absolute atomic E-state index is 12.9. The largest absolute Gasteiger partial charge is 0.400 e. The van der Waals surface area contributed by atoms with Gasteiger partial charge in [-0.05, 0) is 75.8 Å². The number of amides is 2. The van der Waals surface area contributed by atoms with Gasteiger partial charge >= 0.3 is 0 Å². The molecule has 2 aliphatic rings. The van der Waals surface area contributed by atoms with Crippen molar-refractivity contribution >= 4 is 35.6 Å². The lowest BCUT2D eigenvalue weighted by molar-refractivity contribution is -0.127. The fraction of sp³-hybridized carbons (Fsp3) is 0.548. The van der Waals surface area contributed by atoms with E-state index in [1.54, 1.807) is 0 Å². The van der Waals surface area contributed by atoms with E-state index in [1.165, 1.54) is 22.0 Å². The Labute approximate surface area is 240 Å². The molecule has 0 spiro atoms. The Kier molecular flexibility index (Phi) is 16.4. The molecular formula is C31H49N5O4. The average molecular weight is 556 g/mol. The van der Waals surface area contributed by atoms with E-state index in [1.807, 2.05) is 20.6 Å². The highest BCUT2D eigenvalue weighted by Crippen LogP contribution is 2.35. The first-order chi connectivity index (χ1) is 19.2. The number of carbonyl (C=O) groups is 3. The number of hydrogen-bond acceptors (Lipinski definition) is 6. The molecule has 1 atom stereocenters. The fourth-order valence-electron chi connectivity index (χ4n) is 4.62. The Morgan fingerprint density at radius 2 is 1.85 bits per heavy atom. The minimum atomic E-state index is -0.598. The minimum Gasteiger partial charge on any atom is -0.400 e. The van der Waals surface area contributed by atoms with Gasteiger partial charge in [-0.2, -0.15) is 5.26 Å². The van der Waals surface area contributed by atoms with Crippen LogP contribution in [0.1, 0.15) is 79.2 Å². The number of rotatable bonds is 6. The van der Waals surface area contributed by atoms with Gasteiger partial charge in [-0.1, -0.05) is 39.3 Å². The number of benzene rings is 1. The fourth-order valence-corrected chi connectivity index (χ4v) is 4.62. The van der Waals surface area contributed by atoms with Crippen LogP contribution in [0.4, 0.5) is 0 Å². The molecule has 1 aliphatic heterocycles. The molecule has 40 heavy (non-hydrogen) atoms. The average Bonchev–Trinajstić information content (AvgIpc) is 3.61. The molecule has 9 nitrogen and oxygen atoms in total. The van der Waals surface area contributed by atoms with E-state index in [9.17, 15) is 10.1 Å². The number of primary amides is 1. The molecule has 1 aromatic heterocycles. The van der Waals surface area contributed by atoms with Gasteiger partial charge in [0.2, 0.25) is 12.3 Å². The normalized spacial score (nSPS) is 15.8. The van der Waals surface area contributed by atoms with Gasteiger partial charge in [-0.25, -0.2) is 0 Å².